The molecule has 1 fully saturated rings. The van der Waals surface area contributed by atoms with Crippen LogP contribution in [-0.4, -0.2) is 61.8 Å². The molecule has 0 unspecified atom stereocenters. The fraction of sp³-hybridized carbons (Fsp3) is 0.579. The molecule has 1 heterocycles. The fourth-order valence-electron chi connectivity index (χ4n) is 3.36. The van der Waals surface area contributed by atoms with Gasteiger partial charge in [0.2, 0.25) is 15.9 Å². The molecule has 1 aromatic rings. The molecule has 0 radical (unpaired) electrons. The molecule has 1 aliphatic rings. The lowest BCUT2D eigenvalue weighted by atomic mass is 10.0. The van der Waals surface area contributed by atoms with Gasteiger partial charge in [0.15, 0.2) is 0 Å². The van der Waals surface area contributed by atoms with Gasteiger partial charge in [-0.05, 0) is 43.4 Å². The minimum atomic E-state index is -3.62. The van der Waals surface area contributed by atoms with Crippen LogP contribution in [0.3, 0.4) is 0 Å². The van der Waals surface area contributed by atoms with E-state index in [-0.39, 0.29) is 38.0 Å². The summed E-state index contributed by atoms with van der Waals surface area (Å²) in [5.41, 5.74) is 6.78. The van der Waals surface area contributed by atoms with Crippen molar-refractivity contribution >= 4 is 22.0 Å². The lowest BCUT2D eigenvalue weighted by Crippen LogP contribution is -2.56. The highest BCUT2D eigenvalue weighted by Crippen LogP contribution is 2.22. The van der Waals surface area contributed by atoms with E-state index < -0.39 is 22.1 Å². The molecule has 156 valence electrons. The van der Waals surface area contributed by atoms with Gasteiger partial charge in [-0.15, -0.1) is 0 Å². The first-order chi connectivity index (χ1) is 13.0. The zero-order valence-electron chi connectivity index (χ0n) is 16.9. The van der Waals surface area contributed by atoms with Crippen LogP contribution in [0.25, 0.3) is 0 Å². The van der Waals surface area contributed by atoms with E-state index in [0.29, 0.717) is 16.9 Å². The van der Waals surface area contributed by atoms with Gasteiger partial charge < -0.3 is 16.0 Å². The average Bonchev–Trinajstić information content (AvgIpc) is 2.61. The van der Waals surface area contributed by atoms with Gasteiger partial charge in [-0.1, -0.05) is 26.0 Å². The number of nitrogens with two attached hydrogens (primary N) is 1. The molecule has 9 heteroatoms. The Labute approximate surface area is 167 Å². The standard InChI is InChI=1S/C19H30N4O4S/c1-13(2)11-16(21-19(20)25)18(24)22-7-9-23(10-8-22)28(26,27)17-12-14(3)5-6-15(17)4/h5-6,12-13,16H,7-11H2,1-4H3,(H3,20,21,25)/t16-/m1/s1. The number of rotatable bonds is 6. The normalized spacial score (nSPS) is 16.8. The van der Waals surface area contributed by atoms with Crippen molar-refractivity contribution in [1.82, 2.24) is 14.5 Å². The van der Waals surface area contributed by atoms with Gasteiger partial charge in [-0.3, -0.25) is 4.79 Å². The molecule has 1 atom stereocenters. The predicted molar refractivity (Wildman–Crippen MR) is 107 cm³/mol. The van der Waals surface area contributed by atoms with Crippen LogP contribution in [-0.2, 0) is 14.8 Å². The quantitative estimate of drug-likeness (QED) is 0.734. The fourth-order valence-corrected chi connectivity index (χ4v) is 5.09. The Morgan fingerprint density at radius 1 is 1.14 bits per heavy atom. The van der Waals surface area contributed by atoms with Crippen molar-refractivity contribution in [1.29, 1.82) is 0 Å². The van der Waals surface area contributed by atoms with Crippen LogP contribution in [0, 0.1) is 19.8 Å². The number of amides is 3. The highest BCUT2D eigenvalue weighted by molar-refractivity contribution is 7.89. The second-order valence-corrected chi connectivity index (χ2v) is 9.60. The van der Waals surface area contributed by atoms with Crippen LogP contribution in [0.5, 0.6) is 0 Å². The second kappa shape index (κ2) is 8.91. The number of primary amides is 1. The Balaban J connectivity index is 2.09. The molecule has 1 aliphatic heterocycles. The largest absolute Gasteiger partial charge is 0.352 e. The van der Waals surface area contributed by atoms with E-state index in [1.807, 2.05) is 26.8 Å². The third-order valence-electron chi connectivity index (χ3n) is 4.83. The van der Waals surface area contributed by atoms with E-state index in [2.05, 4.69) is 5.32 Å². The van der Waals surface area contributed by atoms with E-state index in [1.54, 1.807) is 24.0 Å². The molecule has 8 nitrogen and oxygen atoms in total. The summed E-state index contributed by atoms with van der Waals surface area (Å²) in [6.45, 7) is 8.53. The van der Waals surface area contributed by atoms with Crippen LogP contribution >= 0.6 is 0 Å². The van der Waals surface area contributed by atoms with Gasteiger partial charge in [0, 0.05) is 26.2 Å². The van der Waals surface area contributed by atoms with Gasteiger partial charge in [0.05, 0.1) is 4.90 Å². The van der Waals surface area contributed by atoms with Crippen LogP contribution in [0.2, 0.25) is 0 Å². The maximum atomic E-state index is 13.0. The Morgan fingerprint density at radius 2 is 1.75 bits per heavy atom. The van der Waals surface area contributed by atoms with Crippen molar-refractivity contribution in [3.05, 3.63) is 29.3 Å². The first kappa shape index (κ1) is 22.2. The van der Waals surface area contributed by atoms with Crippen LogP contribution in [0.15, 0.2) is 23.1 Å². The smallest absolute Gasteiger partial charge is 0.312 e. The molecule has 0 saturated carbocycles. The monoisotopic (exact) mass is 410 g/mol. The van der Waals surface area contributed by atoms with Gasteiger partial charge >= 0.3 is 6.03 Å². The first-order valence-corrected chi connectivity index (χ1v) is 10.9. The van der Waals surface area contributed by atoms with Crippen molar-refractivity contribution in [2.45, 2.75) is 45.1 Å². The first-order valence-electron chi connectivity index (χ1n) is 9.44. The van der Waals surface area contributed by atoms with Crippen molar-refractivity contribution in [2.24, 2.45) is 11.7 Å². The third kappa shape index (κ3) is 5.23. The maximum Gasteiger partial charge on any atom is 0.312 e. The molecular weight excluding hydrogens is 380 g/mol. The molecular formula is C19H30N4O4S. The molecule has 1 aromatic carbocycles. The Hall–Kier alpha value is -2.13. The summed E-state index contributed by atoms with van der Waals surface area (Å²) in [4.78, 5) is 25.9. The van der Waals surface area contributed by atoms with Crippen molar-refractivity contribution in [2.75, 3.05) is 26.2 Å². The number of nitrogens with zero attached hydrogens (tertiary/aromatic N) is 2. The van der Waals surface area contributed by atoms with Gasteiger partial charge in [0.25, 0.3) is 0 Å². The Bertz CT molecular complexity index is 830. The number of piperazine rings is 1. The Morgan fingerprint density at radius 3 is 2.29 bits per heavy atom. The van der Waals surface area contributed by atoms with Crippen molar-refractivity contribution in [3.63, 3.8) is 0 Å². The van der Waals surface area contributed by atoms with E-state index >= 15 is 0 Å². The van der Waals surface area contributed by atoms with E-state index in [1.165, 1.54) is 4.31 Å². The summed E-state index contributed by atoms with van der Waals surface area (Å²) in [5.74, 6) is -0.0250. The second-order valence-electron chi connectivity index (χ2n) is 7.69. The van der Waals surface area contributed by atoms with Crippen molar-refractivity contribution in [3.8, 4) is 0 Å². The number of hydrogen-bond acceptors (Lipinski definition) is 4. The van der Waals surface area contributed by atoms with Crippen LogP contribution in [0.4, 0.5) is 4.79 Å². The maximum absolute atomic E-state index is 13.0. The highest BCUT2D eigenvalue weighted by Gasteiger charge is 2.33. The van der Waals surface area contributed by atoms with E-state index in [0.717, 1.165) is 5.56 Å². The van der Waals surface area contributed by atoms with E-state index in [9.17, 15) is 18.0 Å². The number of hydrogen-bond donors (Lipinski definition) is 2. The molecule has 2 rings (SSSR count). The number of urea groups is 1. The number of benzene rings is 1. The van der Waals surface area contributed by atoms with Crippen LogP contribution < -0.4 is 11.1 Å². The minimum absolute atomic E-state index is 0.201. The molecule has 0 spiro atoms. The Kier molecular flexibility index (Phi) is 7.06. The number of sulfonamides is 1. The predicted octanol–water partition coefficient (Wildman–Crippen LogP) is 1.22. The minimum Gasteiger partial charge on any atom is -0.352 e. The highest BCUT2D eigenvalue weighted by atomic mass is 32.2. The summed E-state index contributed by atoms with van der Waals surface area (Å²) in [6.07, 6.45) is 0.475. The van der Waals surface area contributed by atoms with Crippen molar-refractivity contribution < 1.29 is 18.0 Å². The topological polar surface area (TPSA) is 113 Å². The molecule has 1 saturated heterocycles. The lowest BCUT2D eigenvalue weighted by Gasteiger charge is -2.36. The summed E-state index contributed by atoms with van der Waals surface area (Å²) < 4.78 is 27.4. The van der Waals surface area contributed by atoms with Gasteiger partial charge in [-0.25, -0.2) is 13.2 Å². The number of nitrogens with one attached hydrogen (secondary N) is 1. The molecule has 3 N–H and O–H groups in total. The van der Waals surface area contributed by atoms with Crippen LogP contribution in [0.1, 0.15) is 31.4 Å². The van der Waals surface area contributed by atoms with Gasteiger partial charge in [0.1, 0.15) is 6.04 Å². The van der Waals surface area contributed by atoms with Gasteiger partial charge in [-0.2, -0.15) is 4.31 Å². The number of aryl methyl sites for hydroxylation is 2. The SMILES string of the molecule is Cc1ccc(C)c(S(=O)(=O)N2CCN(C(=O)[C@@H](CC(C)C)NC(N)=O)CC2)c1. The molecule has 0 bridgehead atoms. The number of carbonyl (C=O) groups is 2. The number of carbonyl (C=O) groups excluding carboxylic acids is 2. The summed E-state index contributed by atoms with van der Waals surface area (Å²) >= 11 is 0. The summed E-state index contributed by atoms with van der Waals surface area (Å²) in [6, 6.07) is 3.92. The third-order valence-corrected chi connectivity index (χ3v) is 6.87. The van der Waals surface area contributed by atoms with E-state index in [4.69, 9.17) is 5.73 Å². The summed E-state index contributed by atoms with van der Waals surface area (Å²) in [7, 11) is -3.62. The lowest BCUT2D eigenvalue weighted by molar-refractivity contribution is -0.134. The zero-order valence-corrected chi connectivity index (χ0v) is 17.8. The summed E-state index contributed by atoms with van der Waals surface area (Å²) in [5, 5.41) is 2.51. The average molecular weight is 411 g/mol. The molecule has 3 amide bonds. The molecule has 0 aliphatic carbocycles. The molecule has 0 aromatic heterocycles. The molecule has 28 heavy (non-hydrogen) atoms. The zero-order chi connectivity index (χ0) is 21.1.